The molecule has 0 radical (unpaired) electrons. The van der Waals surface area contributed by atoms with Crippen LogP contribution >= 0.6 is 15.9 Å². The summed E-state index contributed by atoms with van der Waals surface area (Å²) in [5, 5.41) is 15.6. The highest BCUT2D eigenvalue weighted by atomic mass is 79.9. The number of rotatable bonds is 7. The van der Waals surface area contributed by atoms with E-state index in [9.17, 15) is 13.2 Å². The molecule has 0 aliphatic rings. The standard InChI is InChI=1S/C8H13BrN4O5S/c1-13-8(7(9)11-12-13)19(16,17)10-4-5(18-2)3-6(14)15/h5,10H,3-4H2,1-2H3,(H,14,15). The molecule has 0 saturated carbocycles. The van der Waals surface area contributed by atoms with E-state index in [0.29, 0.717) is 0 Å². The number of sulfonamides is 1. The van der Waals surface area contributed by atoms with Gasteiger partial charge < -0.3 is 9.84 Å². The summed E-state index contributed by atoms with van der Waals surface area (Å²) in [6, 6.07) is 0. The Kier molecular flexibility index (Phi) is 5.40. The molecule has 0 bridgehead atoms. The zero-order chi connectivity index (χ0) is 14.6. The van der Waals surface area contributed by atoms with Crippen LogP contribution in [0.2, 0.25) is 0 Å². The normalized spacial score (nSPS) is 13.4. The molecule has 0 saturated heterocycles. The van der Waals surface area contributed by atoms with Crippen molar-refractivity contribution in [2.45, 2.75) is 17.6 Å². The molecule has 1 aromatic heterocycles. The molecule has 11 heteroatoms. The van der Waals surface area contributed by atoms with Gasteiger partial charge in [-0.1, -0.05) is 5.21 Å². The molecule has 2 N–H and O–H groups in total. The number of methoxy groups -OCH3 is 1. The van der Waals surface area contributed by atoms with Crippen LogP contribution in [-0.4, -0.2) is 54.2 Å². The van der Waals surface area contributed by atoms with Gasteiger partial charge in [-0.05, 0) is 15.9 Å². The number of carboxylic acids is 1. The maximum atomic E-state index is 12.0. The number of nitrogens with one attached hydrogen (secondary N) is 1. The van der Waals surface area contributed by atoms with Crippen LogP contribution in [0.25, 0.3) is 0 Å². The Hall–Kier alpha value is -1.04. The number of aryl methyl sites for hydroxylation is 1. The van der Waals surface area contributed by atoms with Gasteiger partial charge in [0.15, 0.2) is 4.60 Å². The molecule has 0 aromatic carbocycles. The summed E-state index contributed by atoms with van der Waals surface area (Å²) in [5.41, 5.74) is 0. The fraction of sp³-hybridized carbons (Fsp3) is 0.625. The monoisotopic (exact) mass is 356 g/mol. The third kappa shape index (κ3) is 4.23. The number of ether oxygens (including phenoxy) is 1. The largest absolute Gasteiger partial charge is 0.481 e. The first kappa shape index (κ1) is 16.0. The van der Waals surface area contributed by atoms with Gasteiger partial charge in [0, 0.05) is 20.7 Å². The van der Waals surface area contributed by atoms with Gasteiger partial charge in [0.25, 0.3) is 10.0 Å². The lowest BCUT2D eigenvalue weighted by atomic mass is 10.2. The van der Waals surface area contributed by atoms with Gasteiger partial charge in [-0.3, -0.25) is 4.79 Å². The molecule has 1 atom stereocenters. The average molecular weight is 357 g/mol. The van der Waals surface area contributed by atoms with Crippen molar-refractivity contribution >= 4 is 31.9 Å². The van der Waals surface area contributed by atoms with E-state index in [2.05, 4.69) is 31.0 Å². The minimum Gasteiger partial charge on any atom is -0.481 e. The minimum atomic E-state index is -3.85. The van der Waals surface area contributed by atoms with Crippen LogP contribution in [0.3, 0.4) is 0 Å². The SMILES string of the molecule is COC(CNS(=O)(=O)c1c(Br)nnn1C)CC(=O)O. The number of aromatic nitrogens is 3. The molecular weight excluding hydrogens is 344 g/mol. The van der Waals surface area contributed by atoms with E-state index in [1.165, 1.54) is 14.2 Å². The lowest BCUT2D eigenvalue weighted by Crippen LogP contribution is -2.35. The van der Waals surface area contributed by atoms with Crippen molar-refractivity contribution in [3.63, 3.8) is 0 Å². The molecular formula is C8H13BrN4O5S. The zero-order valence-corrected chi connectivity index (χ0v) is 12.6. The number of carboxylic acid groups (broad SMARTS) is 1. The second kappa shape index (κ2) is 6.41. The summed E-state index contributed by atoms with van der Waals surface area (Å²) in [4.78, 5) is 10.5. The van der Waals surface area contributed by atoms with Gasteiger partial charge in [0.05, 0.1) is 12.5 Å². The Morgan fingerprint density at radius 3 is 2.68 bits per heavy atom. The number of nitrogens with zero attached hydrogens (tertiary/aromatic N) is 3. The summed E-state index contributed by atoms with van der Waals surface area (Å²) in [6.45, 7) is -0.164. The van der Waals surface area contributed by atoms with E-state index in [-0.39, 0.29) is 22.6 Å². The van der Waals surface area contributed by atoms with E-state index in [4.69, 9.17) is 9.84 Å². The van der Waals surface area contributed by atoms with Crippen molar-refractivity contribution in [2.24, 2.45) is 7.05 Å². The fourth-order valence-corrected chi connectivity index (χ4v) is 3.47. The summed E-state index contributed by atoms with van der Waals surface area (Å²) in [5.74, 6) is -1.07. The molecule has 1 unspecified atom stereocenters. The highest BCUT2D eigenvalue weighted by Crippen LogP contribution is 2.17. The molecule has 0 amide bonds. The van der Waals surface area contributed by atoms with Crippen molar-refractivity contribution in [1.82, 2.24) is 19.7 Å². The summed E-state index contributed by atoms with van der Waals surface area (Å²) >= 11 is 2.98. The van der Waals surface area contributed by atoms with Crippen LogP contribution < -0.4 is 4.72 Å². The number of carbonyl (C=O) groups is 1. The molecule has 1 rings (SSSR count). The van der Waals surface area contributed by atoms with Gasteiger partial charge in [0.1, 0.15) is 0 Å². The minimum absolute atomic E-state index is 0.0784. The van der Waals surface area contributed by atoms with Crippen LogP contribution in [-0.2, 0) is 26.6 Å². The lowest BCUT2D eigenvalue weighted by Gasteiger charge is -2.14. The number of aliphatic carboxylic acids is 1. The molecule has 108 valence electrons. The number of halogens is 1. The van der Waals surface area contributed by atoms with E-state index in [0.717, 1.165) is 4.68 Å². The van der Waals surface area contributed by atoms with Gasteiger partial charge in [-0.15, -0.1) is 5.10 Å². The van der Waals surface area contributed by atoms with E-state index in [1.807, 2.05) is 0 Å². The first-order valence-corrected chi connectivity index (χ1v) is 7.35. The van der Waals surface area contributed by atoms with Crippen LogP contribution in [0.1, 0.15) is 6.42 Å². The summed E-state index contributed by atoms with van der Waals surface area (Å²) in [6.07, 6.45) is -1.06. The Labute approximate surface area is 118 Å². The topological polar surface area (TPSA) is 123 Å². The molecule has 0 fully saturated rings. The Balaban J connectivity index is 2.78. The lowest BCUT2D eigenvalue weighted by molar-refractivity contribution is -0.139. The third-order valence-electron chi connectivity index (χ3n) is 2.23. The average Bonchev–Trinajstić information content (AvgIpc) is 2.64. The van der Waals surface area contributed by atoms with E-state index < -0.39 is 22.1 Å². The van der Waals surface area contributed by atoms with Crippen molar-refractivity contribution in [2.75, 3.05) is 13.7 Å². The van der Waals surface area contributed by atoms with Crippen LogP contribution in [0, 0.1) is 0 Å². The maximum absolute atomic E-state index is 12.0. The van der Waals surface area contributed by atoms with Crippen molar-refractivity contribution in [1.29, 1.82) is 0 Å². The maximum Gasteiger partial charge on any atom is 0.306 e. The third-order valence-corrected chi connectivity index (χ3v) is 4.54. The zero-order valence-electron chi connectivity index (χ0n) is 10.2. The van der Waals surface area contributed by atoms with E-state index >= 15 is 0 Å². The van der Waals surface area contributed by atoms with Gasteiger partial charge in [-0.25, -0.2) is 17.8 Å². The second-order valence-electron chi connectivity index (χ2n) is 3.62. The Morgan fingerprint density at radius 2 is 2.26 bits per heavy atom. The predicted octanol–water partition coefficient (Wildman–Crippen LogP) is -0.654. The molecule has 1 heterocycles. The van der Waals surface area contributed by atoms with Gasteiger partial charge in [0.2, 0.25) is 5.03 Å². The molecule has 19 heavy (non-hydrogen) atoms. The highest BCUT2D eigenvalue weighted by Gasteiger charge is 2.25. The molecule has 0 spiro atoms. The molecule has 1 aromatic rings. The highest BCUT2D eigenvalue weighted by molar-refractivity contribution is 9.10. The van der Waals surface area contributed by atoms with Gasteiger partial charge >= 0.3 is 5.97 Å². The van der Waals surface area contributed by atoms with Crippen molar-refractivity contribution < 1.29 is 23.1 Å². The molecule has 0 aliphatic carbocycles. The fourth-order valence-electron chi connectivity index (χ4n) is 1.31. The molecule has 9 nitrogen and oxygen atoms in total. The number of hydrogen-bond acceptors (Lipinski definition) is 6. The predicted molar refractivity (Wildman–Crippen MR) is 66.9 cm³/mol. The van der Waals surface area contributed by atoms with Crippen molar-refractivity contribution in [3.05, 3.63) is 4.60 Å². The number of hydrogen-bond donors (Lipinski definition) is 2. The Morgan fingerprint density at radius 1 is 1.63 bits per heavy atom. The Bertz CT molecular complexity index is 538. The summed E-state index contributed by atoms with van der Waals surface area (Å²) in [7, 11) is -1.11. The van der Waals surface area contributed by atoms with Crippen LogP contribution in [0.4, 0.5) is 0 Å². The first-order valence-electron chi connectivity index (χ1n) is 5.07. The second-order valence-corrected chi connectivity index (χ2v) is 6.05. The van der Waals surface area contributed by atoms with Crippen LogP contribution in [0.15, 0.2) is 9.63 Å². The van der Waals surface area contributed by atoms with E-state index in [1.54, 1.807) is 0 Å². The van der Waals surface area contributed by atoms with Crippen molar-refractivity contribution in [3.8, 4) is 0 Å². The molecule has 0 aliphatic heterocycles. The smallest absolute Gasteiger partial charge is 0.306 e. The quantitative estimate of drug-likeness (QED) is 0.664. The summed E-state index contributed by atoms with van der Waals surface area (Å²) < 4.78 is 32.3. The first-order chi connectivity index (χ1) is 8.77. The van der Waals surface area contributed by atoms with Gasteiger partial charge in [-0.2, -0.15) is 0 Å². The van der Waals surface area contributed by atoms with Crippen LogP contribution in [0.5, 0.6) is 0 Å².